The van der Waals surface area contributed by atoms with Crippen molar-refractivity contribution in [3.8, 4) is 0 Å². The molecule has 2 aliphatic rings. The molecule has 3 rings (SSSR count). The SMILES string of the molecule is Cc1nc(CC(=O)NCC2CCCN3CCCCC23)cs1. The molecule has 2 atom stereocenters. The molecule has 4 nitrogen and oxygen atoms in total. The minimum Gasteiger partial charge on any atom is -0.355 e. The normalized spacial score (nSPS) is 26.3. The molecule has 1 aromatic rings. The van der Waals surface area contributed by atoms with Crippen molar-refractivity contribution in [1.82, 2.24) is 15.2 Å². The van der Waals surface area contributed by atoms with Crippen LogP contribution in [0.3, 0.4) is 0 Å². The number of rotatable bonds is 4. The van der Waals surface area contributed by atoms with Gasteiger partial charge in [0, 0.05) is 18.0 Å². The van der Waals surface area contributed by atoms with Gasteiger partial charge in [0.25, 0.3) is 0 Å². The van der Waals surface area contributed by atoms with Gasteiger partial charge >= 0.3 is 0 Å². The topological polar surface area (TPSA) is 45.2 Å². The van der Waals surface area contributed by atoms with Crippen molar-refractivity contribution < 1.29 is 4.79 Å². The van der Waals surface area contributed by atoms with Crippen molar-refractivity contribution in [3.63, 3.8) is 0 Å². The van der Waals surface area contributed by atoms with Crippen LogP contribution in [0.15, 0.2) is 5.38 Å². The Morgan fingerprint density at radius 1 is 1.38 bits per heavy atom. The van der Waals surface area contributed by atoms with Gasteiger partial charge in [-0.15, -0.1) is 11.3 Å². The van der Waals surface area contributed by atoms with E-state index in [0.29, 0.717) is 18.4 Å². The van der Waals surface area contributed by atoms with Crippen LogP contribution in [0.4, 0.5) is 0 Å². The van der Waals surface area contributed by atoms with E-state index in [0.717, 1.165) is 17.2 Å². The Hall–Kier alpha value is -0.940. The van der Waals surface area contributed by atoms with Gasteiger partial charge in [-0.2, -0.15) is 0 Å². The Morgan fingerprint density at radius 2 is 2.24 bits per heavy atom. The lowest BCUT2D eigenvalue weighted by Gasteiger charge is -2.44. The maximum absolute atomic E-state index is 12.1. The molecule has 0 bridgehead atoms. The fourth-order valence-corrected chi connectivity index (χ4v) is 4.39. The Labute approximate surface area is 130 Å². The van der Waals surface area contributed by atoms with E-state index in [-0.39, 0.29) is 5.91 Å². The highest BCUT2D eigenvalue weighted by atomic mass is 32.1. The Balaban J connectivity index is 1.48. The Kier molecular flexibility index (Phi) is 4.91. The van der Waals surface area contributed by atoms with E-state index in [1.54, 1.807) is 11.3 Å². The van der Waals surface area contributed by atoms with E-state index in [1.807, 2.05) is 12.3 Å². The van der Waals surface area contributed by atoms with Crippen LogP contribution < -0.4 is 5.32 Å². The standard InChI is InChI=1S/C16H25N3OS/c1-12-18-14(11-21-12)9-16(20)17-10-13-5-4-8-19-7-3-2-6-15(13)19/h11,13,15H,2-10H2,1H3,(H,17,20). The molecule has 5 heteroatoms. The summed E-state index contributed by atoms with van der Waals surface area (Å²) < 4.78 is 0. The predicted molar refractivity (Wildman–Crippen MR) is 85.5 cm³/mol. The highest BCUT2D eigenvalue weighted by molar-refractivity contribution is 7.09. The highest BCUT2D eigenvalue weighted by Crippen LogP contribution is 2.30. The van der Waals surface area contributed by atoms with Crippen LogP contribution in [0.1, 0.15) is 42.8 Å². The van der Waals surface area contributed by atoms with Gasteiger partial charge in [0.1, 0.15) is 0 Å². The molecule has 2 fully saturated rings. The number of amides is 1. The first kappa shape index (κ1) is 15.0. The molecule has 1 aromatic heterocycles. The number of fused-ring (bicyclic) bond motifs is 1. The van der Waals surface area contributed by atoms with Gasteiger partial charge in [-0.1, -0.05) is 6.42 Å². The second-order valence-corrected chi connectivity index (χ2v) is 7.40. The number of piperidine rings is 2. The fraction of sp³-hybridized carbons (Fsp3) is 0.750. The van der Waals surface area contributed by atoms with Gasteiger partial charge in [-0.3, -0.25) is 4.79 Å². The summed E-state index contributed by atoms with van der Waals surface area (Å²) in [4.78, 5) is 19.1. The fourth-order valence-electron chi connectivity index (χ4n) is 3.78. The molecule has 0 aliphatic carbocycles. The summed E-state index contributed by atoms with van der Waals surface area (Å²) in [6.07, 6.45) is 6.97. The minimum atomic E-state index is 0.119. The molecule has 2 aliphatic heterocycles. The van der Waals surface area contributed by atoms with E-state index in [4.69, 9.17) is 0 Å². The molecule has 0 aromatic carbocycles. The number of thiazole rings is 1. The molecule has 3 heterocycles. The van der Waals surface area contributed by atoms with Gasteiger partial charge in [-0.25, -0.2) is 4.98 Å². The zero-order chi connectivity index (χ0) is 14.7. The van der Waals surface area contributed by atoms with E-state index < -0.39 is 0 Å². The first-order valence-electron chi connectivity index (χ1n) is 8.14. The molecule has 0 spiro atoms. The molecule has 1 N–H and O–H groups in total. The lowest BCUT2D eigenvalue weighted by atomic mass is 9.83. The lowest BCUT2D eigenvalue weighted by molar-refractivity contribution is -0.120. The van der Waals surface area contributed by atoms with Crippen molar-refractivity contribution >= 4 is 17.2 Å². The van der Waals surface area contributed by atoms with Crippen molar-refractivity contribution in [2.75, 3.05) is 19.6 Å². The van der Waals surface area contributed by atoms with Crippen molar-refractivity contribution in [3.05, 3.63) is 16.1 Å². The number of nitrogens with zero attached hydrogens (tertiary/aromatic N) is 2. The molecular weight excluding hydrogens is 282 g/mol. The van der Waals surface area contributed by atoms with Crippen molar-refractivity contribution in [2.24, 2.45) is 5.92 Å². The van der Waals surface area contributed by atoms with Crippen LogP contribution in [-0.2, 0) is 11.2 Å². The molecule has 1 amide bonds. The predicted octanol–water partition coefficient (Wildman–Crippen LogP) is 2.37. The summed E-state index contributed by atoms with van der Waals surface area (Å²) in [6.45, 7) is 5.33. The van der Waals surface area contributed by atoms with Gasteiger partial charge in [0.2, 0.25) is 5.91 Å². The maximum Gasteiger partial charge on any atom is 0.226 e. The lowest BCUT2D eigenvalue weighted by Crippen LogP contribution is -2.51. The smallest absolute Gasteiger partial charge is 0.226 e. The number of nitrogens with one attached hydrogen (secondary N) is 1. The summed E-state index contributed by atoms with van der Waals surface area (Å²) in [6, 6.07) is 0.703. The third-order valence-corrected chi connectivity index (χ3v) is 5.62. The molecule has 2 unspecified atom stereocenters. The average molecular weight is 307 g/mol. The zero-order valence-corrected chi connectivity index (χ0v) is 13.6. The van der Waals surface area contributed by atoms with Crippen LogP contribution in [-0.4, -0.2) is 41.5 Å². The first-order chi connectivity index (χ1) is 10.2. The summed E-state index contributed by atoms with van der Waals surface area (Å²) in [7, 11) is 0. The maximum atomic E-state index is 12.1. The zero-order valence-electron chi connectivity index (χ0n) is 12.8. The number of hydrogen-bond donors (Lipinski definition) is 1. The molecule has 116 valence electrons. The molecular formula is C16H25N3OS. The number of aryl methyl sites for hydroxylation is 1. The summed E-state index contributed by atoms with van der Waals surface area (Å²) in [5, 5.41) is 6.16. The molecule has 0 saturated carbocycles. The average Bonchev–Trinajstić information content (AvgIpc) is 2.90. The van der Waals surface area contributed by atoms with Crippen LogP contribution in [0.25, 0.3) is 0 Å². The van der Waals surface area contributed by atoms with Gasteiger partial charge in [0.05, 0.1) is 17.1 Å². The first-order valence-corrected chi connectivity index (χ1v) is 9.02. The highest BCUT2D eigenvalue weighted by Gasteiger charge is 2.32. The minimum absolute atomic E-state index is 0.119. The van der Waals surface area contributed by atoms with Crippen molar-refractivity contribution in [1.29, 1.82) is 0 Å². The third-order valence-electron chi connectivity index (χ3n) is 4.80. The van der Waals surface area contributed by atoms with Crippen LogP contribution in [0.5, 0.6) is 0 Å². The van der Waals surface area contributed by atoms with E-state index in [9.17, 15) is 4.79 Å². The quantitative estimate of drug-likeness (QED) is 0.929. The van der Waals surface area contributed by atoms with Crippen LogP contribution >= 0.6 is 11.3 Å². The largest absolute Gasteiger partial charge is 0.355 e. The van der Waals surface area contributed by atoms with Gasteiger partial charge in [0.15, 0.2) is 0 Å². The number of hydrogen-bond acceptors (Lipinski definition) is 4. The molecule has 0 radical (unpaired) electrons. The summed E-state index contributed by atoms with van der Waals surface area (Å²) >= 11 is 1.61. The van der Waals surface area contributed by atoms with Gasteiger partial charge < -0.3 is 10.2 Å². The summed E-state index contributed by atoms with van der Waals surface area (Å²) in [5.74, 6) is 0.758. The van der Waals surface area contributed by atoms with E-state index >= 15 is 0 Å². The second kappa shape index (κ2) is 6.88. The molecule has 2 saturated heterocycles. The Bertz CT molecular complexity index is 486. The van der Waals surface area contributed by atoms with Crippen LogP contribution in [0, 0.1) is 12.8 Å². The number of carbonyl (C=O) groups excluding carboxylic acids is 1. The summed E-state index contributed by atoms with van der Waals surface area (Å²) in [5.41, 5.74) is 0.901. The van der Waals surface area contributed by atoms with Crippen LogP contribution in [0.2, 0.25) is 0 Å². The number of aromatic nitrogens is 1. The van der Waals surface area contributed by atoms with Crippen molar-refractivity contribution in [2.45, 2.75) is 51.5 Å². The molecule has 21 heavy (non-hydrogen) atoms. The monoisotopic (exact) mass is 307 g/mol. The van der Waals surface area contributed by atoms with Gasteiger partial charge in [-0.05, 0) is 51.6 Å². The Morgan fingerprint density at radius 3 is 3.05 bits per heavy atom. The number of carbonyl (C=O) groups is 1. The van der Waals surface area contributed by atoms with E-state index in [1.165, 1.54) is 45.2 Å². The third kappa shape index (κ3) is 3.83. The second-order valence-electron chi connectivity index (χ2n) is 6.34. The van der Waals surface area contributed by atoms with E-state index in [2.05, 4.69) is 15.2 Å².